The number of hydrogen-bond acceptors (Lipinski definition) is 3. The molecule has 0 saturated carbocycles. The minimum atomic E-state index is -0.822. The lowest BCUT2D eigenvalue weighted by Crippen LogP contribution is -2.55. The highest BCUT2D eigenvalue weighted by molar-refractivity contribution is 5.75. The smallest absolute Gasteiger partial charge is 0.317 e. The largest absolute Gasteiger partial charge is 0.385 e. The second kappa shape index (κ2) is 7.05. The van der Waals surface area contributed by atoms with E-state index >= 15 is 0 Å². The van der Waals surface area contributed by atoms with Crippen LogP contribution in [0.5, 0.6) is 0 Å². The molecule has 0 aliphatic carbocycles. The van der Waals surface area contributed by atoms with Gasteiger partial charge < -0.3 is 20.1 Å². The number of rotatable bonds is 4. The zero-order valence-electron chi connectivity index (χ0n) is 15.1. The van der Waals surface area contributed by atoms with Crippen molar-refractivity contribution >= 4 is 6.03 Å². The molecular formula is C21H28N2O3. The van der Waals surface area contributed by atoms with Gasteiger partial charge in [-0.15, -0.1) is 6.58 Å². The van der Waals surface area contributed by atoms with Crippen LogP contribution in [0.25, 0.3) is 0 Å². The molecule has 3 fully saturated rings. The minimum absolute atomic E-state index is 0.00215. The number of benzene rings is 1. The highest BCUT2D eigenvalue weighted by Gasteiger charge is 2.50. The normalized spacial score (nSPS) is 36.1. The van der Waals surface area contributed by atoms with E-state index in [1.807, 2.05) is 41.3 Å². The van der Waals surface area contributed by atoms with Crippen molar-refractivity contribution in [2.75, 3.05) is 13.2 Å². The molecule has 140 valence electrons. The lowest BCUT2D eigenvalue weighted by molar-refractivity contribution is -0.0437. The standard InChI is InChI=1S/C21H28N2O3/c1-2-19-15(10-11-26-19)14-22-20(24)23-17-8-9-18(23)13-21(25,12-17)16-6-4-3-5-7-16/h2-7,15,17-19,25H,1,8-14H2,(H,22,24)/t15-,17?,18?,19-,21?/m0/s1. The number of piperidine rings is 1. The van der Waals surface area contributed by atoms with Crippen LogP contribution >= 0.6 is 0 Å². The Bertz CT molecular complexity index is 648. The van der Waals surface area contributed by atoms with Gasteiger partial charge in [0.15, 0.2) is 0 Å². The molecule has 5 nitrogen and oxygen atoms in total. The second-order valence-corrected chi connectivity index (χ2v) is 7.90. The quantitative estimate of drug-likeness (QED) is 0.816. The Morgan fingerprint density at radius 1 is 1.27 bits per heavy atom. The topological polar surface area (TPSA) is 61.8 Å². The fourth-order valence-corrected chi connectivity index (χ4v) is 4.98. The molecule has 3 heterocycles. The fraction of sp³-hybridized carbons (Fsp3) is 0.571. The monoisotopic (exact) mass is 356 g/mol. The summed E-state index contributed by atoms with van der Waals surface area (Å²) in [5, 5.41) is 14.3. The molecule has 4 rings (SSSR count). The van der Waals surface area contributed by atoms with Crippen LogP contribution in [0, 0.1) is 5.92 Å². The molecule has 26 heavy (non-hydrogen) atoms. The Morgan fingerprint density at radius 2 is 1.96 bits per heavy atom. The number of aliphatic hydroxyl groups is 1. The highest BCUT2D eigenvalue weighted by Crippen LogP contribution is 2.45. The summed E-state index contributed by atoms with van der Waals surface area (Å²) in [6.45, 7) is 5.16. The molecule has 3 aliphatic heterocycles. The summed E-state index contributed by atoms with van der Waals surface area (Å²) in [6, 6.07) is 10.1. The molecule has 3 aliphatic rings. The third-order valence-corrected chi connectivity index (χ3v) is 6.32. The Hall–Kier alpha value is -1.85. The van der Waals surface area contributed by atoms with E-state index in [4.69, 9.17) is 4.74 Å². The molecule has 1 aromatic carbocycles. The third-order valence-electron chi connectivity index (χ3n) is 6.32. The summed E-state index contributed by atoms with van der Waals surface area (Å²) in [7, 11) is 0. The van der Waals surface area contributed by atoms with Crippen molar-refractivity contribution in [1.29, 1.82) is 0 Å². The summed E-state index contributed by atoms with van der Waals surface area (Å²) >= 11 is 0. The van der Waals surface area contributed by atoms with Crippen molar-refractivity contribution in [3.63, 3.8) is 0 Å². The van der Waals surface area contributed by atoms with E-state index in [9.17, 15) is 9.90 Å². The molecule has 2 N–H and O–H groups in total. The van der Waals surface area contributed by atoms with Gasteiger partial charge in [-0.3, -0.25) is 0 Å². The first-order chi connectivity index (χ1) is 12.6. The van der Waals surface area contributed by atoms with Gasteiger partial charge in [0.1, 0.15) is 0 Å². The van der Waals surface area contributed by atoms with E-state index in [0.29, 0.717) is 25.3 Å². The molecule has 2 unspecified atom stereocenters. The second-order valence-electron chi connectivity index (χ2n) is 7.90. The van der Waals surface area contributed by atoms with Gasteiger partial charge in [-0.1, -0.05) is 36.4 Å². The first-order valence-corrected chi connectivity index (χ1v) is 9.69. The Balaban J connectivity index is 1.40. The average molecular weight is 356 g/mol. The summed E-state index contributed by atoms with van der Waals surface area (Å²) in [5.74, 6) is 0.306. The maximum absolute atomic E-state index is 12.8. The van der Waals surface area contributed by atoms with E-state index in [1.54, 1.807) is 0 Å². The zero-order valence-corrected chi connectivity index (χ0v) is 15.1. The molecular weight excluding hydrogens is 328 g/mol. The molecule has 0 radical (unpaired) electrons. The maximum atomic E-state index is 12.8. The van der Waals surface area contributed by atoms with Crippen LogP contribution in [-0.4, -0.2) is 47.4 Å². The van der Waals surface area contributed by atoms with Gasteiger partial charge in [0, 0.05) is 44.0 Å². The predicted molar refractivity (Wildman–Crippen MR) is 99.7 cm³/mol. The van der Waals surface area contributed by atoms with Crippen LogP contribution in [0.4, 0.5) is 4.79 Å². The Morgan fingerprint density at radius 3 is 2.62 bits per heavy atom. The number of nitrogens with one attached hydrogen (secondary N) is 1. The number of hydrogen-bond donors (Lipinski definition) is 2. The molecule has 3 saturated heterocycles. The van der Waals surface area contributed by atoms with Gasteiger partial charge in [0.05, 0.1) is 11.7 Å². The van der Waals surface area contributed by atoms with Crippen LogP contribution in [0.1, 0.15) is 37.7 Å². The van der Waals surface area contributed by atoms with Gasteiger partial charge in [-0.2, -0.15) is 0 Å². The number of fused-ring (bicyclic) bond motifs is 2. The van der Waals surface area contributed by atoms with E-state index in [0.717, 1.165) is 31.4 Å². The predicted octanol–water partition coefficient (Wildman–Crippen LogP) is 2.80. The lowest BCUT2D eigenvalue weighted by atomic mass is 9.80. The van der Waals surface area contributed by atoms with Crippen molar-refractivity contribution in [2.24, 2.45) is 5.92 Å². The number of urea groups is 1. The van der Waals surface area contributed by atoms with E-state index in [1.165, 1.54) is 0 Å². The summed E-state index contributed by atoms with van der Waals surface area (Å²) in [5.41, 5.74) is 0.144. The number of amides is 2. The summed E-state index contributed by atoms with van der Waals surface area (Å²) < 4.78 is 5.61. The SMILES string of the molecule is C=C[C@@H]1OCC[C@H]1CNC(=O)N1C2CCC1CC(O)(c1ccccc1)C2. The van der Waals surface area contributed by atoms with Gasteiger partial charge >= 0.3 is 6.03 Å². The number of nitrogens with zero attached hydrogens (tertiary/aromatic N) is 1. The summed E-state index contributed by atoms with van der Waals surface area (Å²) in [4.78, 5) is 14.8. The molecule has 5 heteroatoms. The number of carbonyl (C=O) groups is 1. The average Bonchev–Trinajstić information content (AvgIpc) is 3.23. The maximum Gasteiger partial charge on any atom is 0.317 e. The van der Waals surface area contributed by atoms with E-state index in [-0.39, 0.29) is 24.2 Å². The van der Waals surface area contributed by atoms with Crippen LogP contribution < -0.4 is 5.32 Å². The third kappa shape index (κ3) is 3.14. The van der Waals surface area contributed by atoms with Gasteiger partial charge in [-0.05, 0) is 24.8 Å². The number of carbonyl (C=O) groups excluding carboxylic acids is 1. The molecule has 0 spiro atoms. The highest BCUT2D eigenvalue weighted by atomic mass is 16.5. The van der Waals surface area contributed by atoms with Gasteiger partial charge in [0.25, 0.3) is 0 Å². The van der Waals surface area contributed by atoms with E-state index < -0.39 is 5.60 Å². The fourth-order valence-electron chi connectivity index (χ4n) is 4.98. The first-order valence-electron chi connectivity index (χ1n) is 9.69. The van der Waals surface area contributed by atoms with Crippen LogP contribution in [0.2, 0.25) is 0 Å². The lowest BCUT2D eigenvalue weighted by Gasteiger charge is -2.44. The molecule has 0 aromatic heterocycles. The van der Waals surface area contributed by atoms with Crippen molar-refractivity contribution in [3.8, 4) is 0 Å². The van der Waals surface area contributed by atoms with Crippen LogP contribution in [0.15, 0.2) is 43.0 Å². The van der Waals surface area contributed by atoms with E-state index in [2.05, 4.69) is 11.9 Å². The van der Waals surface area contributed by atoms with Crippen molar-refractivity contribution < 1.29 is 14.6 Å². The first kappa shape index (κ1) is 17.6. The number of ether oxygens (including phenoxy) is 1. The molecule has 4 atom stereocenters. The molecule has 2 bridgehead atoms. The molecule has 1 aromatic rings. The van der Waals surface area contributed by atoms with Crippen LogP contribution in [0.3, 0.4) is 0 Å². The van der Waals surface area contributed by atoms with Crippen molar-refractivity contribution in [2.45, 2.75) is 55.9 Å². The molecule has 2 amide bonds. The summed E-state index contributed by atoms with van der Waals surface area (Å²) in [6.07, 6.45) is 5.98. The van der Waals surface area contributed by atoms with Crippen LogP contribution in [-0.2, 0) is 10.3 Å². The minimum Gasteiger partial charge on any atom is -0.385 e. The van der Waals surface area contributed by atoms with Gasteiger partial charge in [0.2, 0.25) is 0 Å². The Labute approximate surface area is 155 Å². The Kier molecular flexibility index (Phi) is 4.76. The zero-order chi connectivity index (χ0) is 18.1. The van der Waals surface area contributed by atoms with Crippen molar-refractivity contribution in [3.05, 3.63) is 48.6 Å². The van der Waals surface area contributed by atoms with Gasteiger partial charge in [-0.25, -0.2) is 4.79 Å². The van der Waals surface area contributed by atoms with Crippen molar-refractivity contribution in [1.82, 2.24) is 10.2 Å².